The third-order valence-corrected chi connectivity index (χ3v) is 3.28. The molecule has 0 saturated carbocycles. The van der Waals surface area contributed by atoms with Crippen LogP contribution in [0.15, 0.2) is 36.5 Å². The highest BCUT2D eigenvalue weighted by Gasteiger charge is 2.19. The summed E-state index contributed by atoms with van der Waals surface area (Å²) in [6.07, 6.45) is 1.95. The molecule has 0 saturated heterocycles. The fourth-order valence-corrected chi connectivity index (χ4v) is 2.28. The Bertz CT molecular complexity index is 507. The van der Waals surface area contributed by atoms with E-state index in [2.05, 4.69) is 42.3 Å². The van der Waals surface area contributed by atoms with Crippen LogP contribution in [0.2, 0.25) is 0 Å². The summed E-state index contributed by atoms with van der Waals surface area (Å²) in [5.41, 5.74) is 2.28. The fraction of sp³-hybridized carbons (Fsp3) is 0.400. The lowest BCUT2D eigenvalue weighted by Gasteiger charge is -2.25. The monoisotopic (exact) mass is 244 g/mol. The summed E-state index contributed by atoms with van der Waals surface area (Å²) in [6, 6.07) is 10.5. The molecule has 18 heavy (non-hydrogen) atoms. The van der Waals surface area contributed by atoms with Crippen LogP contribution in [-0.2, 0) is 4.74 Å². The zero-order chi connectivity index (χ0) is 13.0. The molecule has 0 bridgehead atoms. The van der Waals surface area contributed by atoms with Crippen molar-refractivity contribution in [2.75, 3.05) is 13.7 Å². The maximum absolute atomic E-state index is 5.49. The van der Waals surface area contributed by atoms with Gasteiger partial charge in [-0.1, -0.05) is 25.1 Å². The minimum absolute atomic E-state index is 0.121. The zero-order valence-corrected chi connectivity index (χ0v) is 11.2. The van der Waals surface area contributed by atoms with Gasteiger partial charge in [0.15, 0.2) is 0 Å². The molecular weight excluding hydrogens is 224 g/mol. The van der Waals surface area contributed by atoms with E-state index in [1.54, 1.807) is 7.11 Å². The van der Waals surface area contributed by atoms with Crippen molar-refractivity contribution in [2.45, 2.75) is 26.0 Å². The standard InChI is InChI=1S/C15H20N2O/c1-4-16-15(11(2)18-3)13-7-5-9-14-12(13)8-6-10-17-14/h5-11,15-16H,4H2,1-3H3. The average Bonchev–Trinajstić information content (AvgIpc) is 2.43. The van der Waals surface area contributed by atoms with Gasteiger partial charge in [0.1, 0.15) is 0 Å². The van der Waals surface area contributed by atoms with Gasteiger partial charge in [-0.05, 0) is 31.2 Å². The quantitative estimate of drug-likeness (QED) is 0.878. The smallest absolute Gasteiger partial charge is 0.0738 e. The number of hydrogen-bond donors (Lipinski definition) is 1. The van der Waals surface area contributed by atoms with Crippen molar-refractivity contribution in [3.05, 3.63) is 42.1 Å². The van der Waals surface area contributed by atoms with Crippen LogP contribution in [0.3, 0.4) is 0 Å². The summed E-state index contributed by atoms with van der Waals surface area (Å²) in [5.74, 6) is 0. The van der Waals surface area contributed by atoms with Crippen molar-refractivity contribution in [3.8, 4) is 0 Å². The molecule has 0 radical (unpaired) electrons. The molecule has 2 rings (SSSR count). The normalized spacial score (nSPS) is 14.6. The first-order chi connectivity index (χ1) is 8.77. The first-order valence-corrected chi connectivity index (χ1v) is 6.37. The maximum Gasteiger partial charge on any atom is 0.0738 e. The molecule has 1 aromatic heterocycles. The van der Waals surface area contributed by atoms with E-state index < -0.39 is 0 Å². The molecule has 1 aromatic carbocycles. The summed E-state index contributed by atoms with van der Waals surface area (Å²) in [7, 11) is 1.75. The third-order valence-electron chi connectivity index (χ3n) is 3.28. The number of nitrogens with zero attached hydrogens (tertiary/aromatic N) is 1. The van der Waals surface area contributed by atoms with E-state index in [1.165, 1.54) is 10.9 Å². The Labute approximate surface area is 108 Å². The lowest BCUT2D eigenvalue weighted by Crippen LogP contribution is -2.31. The molecule has 0 spiro atoms. The van der Waals surface area contributed by atoms with Crippen molar-refractivity contribution in [1.29, 1.82) is 0 Å². The molecular formula is C15H20N2O. The van der Waals surface area contributed by atoms with Crippen molar-refractivity contribution < 1.29 is 4.74 Å². The fourth-order valence-electron chi connectivity index (χ4n) is 2.28. The molecule has 3 nitrogen and oxygen atoms in total. The van der Waals surface area contributed by atoms with Crippen molar-refractivity contribution in [1.82, 2.24) is 10.3 Å². The van der Waals surface area contributed by atoms with E-state index in [0.29, 0.717) is 0 Å². The highest BCUT2D eigenvalue weighted by atomic mass is 16.5. The minimum Gasteiger partial charge on any atom is -0.380 e. The molecule has 96 valence electrons. The highest BCUT2D eigenvalue weighted by molar-refractivity contribution is 5.82. The Hall–Kier alpha value is -1.45. The van der Waals surface area contributed by atoms with E-state index in [4.69, 9.17) is 4.74 Å². The molecule has 1 N–H and O–H groups in total. The molecule has 0 aliphatic carbocycles. The number of aromatic nitrogens is 1. The van der Waals surface area contributed by atoms with Crippen LogP contribution in [0.5, 0.6) is 0 Å². The average molecular weight is 244 g/mol. The second-order valence-electron chi connectivity index (χ2n) is 4.39. The second-order valence-corrected chi connectivity index (χ2v) is 4.39. The predicted octanol–water partition coefficient (Wildman–Crippen LogP) is 2.92. The van der Waals surface area contributed by atoms with Gasteiger partial charge in [0.25, 0.3) is 0 Å². The minimum atomic E-state index is 0.121. The van der Waals surface area contributed by atoms with Crippen molar-refractivity contribution in [2.24, 2.45) is 0 Å². The first kappa shape index (κ1) is 13.0. The number of ether oxygens (including phenoxy) is 1. The van der Waals surface area contributed by atoms with Gasteiger partial charge in [-0.25, -0.2) is 0 Å². The van der Waals surface area contributed by atoms with Gasteiger partial charge in [0.2, 0.25) is 0 Å². The number of benzene rings is 1. The summed E-state index contributed by atoms with van der Waals surface area (Å²) in [6.45, 7) is 5.11. The number of methoxy groups -OCH3 is 1. The van der Waals surface area contributed by atoms with Gasteiger partial charge in [-0.3, -0.25) is 4.98 Å². The van der Waals surface area contributed by atoms with Crippen LogP contribution >= 0.6 is 0 Å². The predicted molar refractivity (Wildman–Crippen MR) is 74.6 cm³/mol. The number of rotatable bonds is 5. The summed E-state index contributed by atoms with van der Waals surface area (Å²) in [5, 5.41) is 4.68. The van der Waals surface area contributed by atoms with E-state index in [9.17, 15) is 0 Å². The number of pyridine rings is 1. The zero-order valence-electron chi connectivity index (χ0n) is 11.2. The van der Waals surface area contributed by atoms with Crippen molar-refractivity contribution in [3.63, 3.8) is 0 Å². The van der Waals surface area contributed by atoms with Gasteiger partial charge in [0, 0.05) is 18.7 Å². The molecule has 2 aromatic rings. The molecule has 1 heterocycles. The molecule has 2 atom stereocenters. The Morgan fingerprint density at radius 2 is 2.11 bits per heavy atom. The van der Waals surface area contributed by atoms with Crippen LogP contribution < -0.4 is 5.32 Å². The van der Waals surface area contributed by atoms with Gasteiger partial charge < -0.3 is 10.1 Å². The topological polar surface area (TPSA) is 34.2 Å². The van der Waals surface area contributed by atoms with Gasteiger partial charge >= 0.3 is 0 Å². The van der Waals surface area contributed by atoms with E-state index in [0.717, 1.165) is 12.1 Å². The Morgan fingerprint density at radius 3 is 2.83 bits per heavy atom. The van der Waals surface area contributed by atoms with Gasteiger partial charge in [0.05, 0.1) is 17.7 Å². The molecule has 0 fully saturated rings. The molecule has 3 heteroatoms. The van der Waals surface area contributed by atoms with E-state index in [1.807, 2.05) is 18.3 Å². The Balaban J connectivity index is 2.49. The van der Waals surface area contributed by atoms with Crippen LogP contribution in [0.4, 0.5) is 0 Å². The largest absolute Gasteiger partial charge is 0.380 e. The van der Waals surface area contributed by atoms with Crippen molar-refractivity contribution >= 4 is 10.9 Å². The van der Waals surface area contributed by atoms with E-state index in [-0.39, 0.29) is 12.1 Å². The number of hydrogen-bond acceptors (Lipinski definition) is 3. The lowest BCUT2D eigenvalue weighted by molar-refractivity contribution is 0.0840. The molecule has 0 aliphatic rings. The van der Waals surface area contributed by atoms with E-state index >= 15 is 0 Å². The van der Waals surface area contributed by atoms with Gasteiger partial charge in [-0.2, -0.15) is 0 Å². The van der Waals surface area contributed by atoms with Gasteiger partial charge in [-0.15, -0.1) is 0 Å². The lowest BCUT2D eigenvalue weighted by atomic mass is 9.97. The molecule has 2 unspecified atom stereocenters. The second kappa shape index (κ2) is 5.94. The Kier molecular flexibility index (Phi) is 4.28. The summed E-state index contributed by atoms with van der Waals surface area (Å²) >= 11 is 0. The third kappa shape index (κ3) is 2.52. The Morgan fingerprint density at radius 1 is 1.28 bits per heavy atom. The SMILES string of the molecule is CCNC(c1cccc2ncccc12)C(C)OC. The number of fused-ring (bicyclic) bond motifs is 1. The summed E-state index contributed by atoms with van der Waals surface area (Å²) in [4.78, 5) is 4.40. The first-order valence-electron chi connectivity index (χ1n) is 6.37. The summed E-state index contributed by atoms with van der Waals surface area (Å²) < 4.78 is 5.49. The molecule has 0 aliphatic heterocycles. The number of likely N-dealkylation sites (N-methyl/N-ethyl adjacent to an activating group) is 1. The highest BCUT2D eigenvalue weighted by Crippen LogP contribution is 2.26. The maximum atomic E-state index is 5.49. The van der Waals surface area contributed by atoms with Crippen LogP contribution in [0, 0.1) is 0 Å². The number of nitrogens with one attached hydrogen (secondary N) is 1. The molecule has 0 amide bonds. The van der Waals surface area contributed by atoms with Crippen LogP contribution in [0.25, 0.3) is 10.9 Å². The van der Waals surface area contributed by atoms with Crippen LogP contribution in [0.1, 0.15) is 25.5 Å². The van der Waals surface area contributed by atoms with Crippen LogP contribution in [-0.4, -0.2) is 24.7 Å².